The largest absolute Gasteiger partial charge is 0.496 e. The molecule has 1 N–H and O–H groups in total. The summed E-state index contributed by atoms with van der Waals surface area (Å²) < 4.78 is 32.6. The van der Waals surface area contributed by atoms with Crippen LogP contribution in [-0.2, 0) is 14.8 Å². The Kier molecular flexibility index (Phi) is 8.28. The minimum absolute atomic E-state index is 0.0382. The number of nitrogens with zero attached hydrogens (tertiary/aromatic N) is 3. The molecular weight excluding hydrogens is 519 g/mol. The average molecular weight is 537 g/mol. The number of benzene rings is 3. The molecular formula is C22H18Cl2N4O6S. The molecule has 0 heterocycles. The van der Waals surface area contributed by atoms with Crippen molar-refractivity contribution in [3.05, 3.63) is 92.5 Å². The van der Waals surface area contributed by atoms with Gasteiger partial charge < -0.3 is 4.74 Å². The van der Waals surface area contributed by atoms with E-state index in [9.17, 15) is 23.3 Å². The summed E-state index contributed by atoms with van der Waals surface area (Å²) >= 11 is 12.0. The second-order valence-corrected chi connectivity index (χ2v) is 9.58. The molecule has 0 spiro atoms. The number of methoxy groups -OCH3 is 1. The van der Waals surface area contributed by atoms with Crippen molar-refractivity contribution in [1.82, 2.24) is 5.43 Å². The van der Waals surface area contributed by atoms with Gasteiger partial charge in [0.05, 0.1) is 38.9 Å². The van der Waals surface area contributed by atoms with Crippen molar-refractivity contribution in [2.24, 2.45) is 5.10 Å². The van der Waals surface area contributed by atoms with Gasteiger partial charge >= 0.3 is 0 Å². The highest BCUT2D eigenvalue weighted by atomic mass is 35.5. The molecule has 3 rings (SSSR count). The first-order chi connectivity index (χ1) is 16.6. The van der Waals surface area contributed by atoms with Crippen LogP contribution in [0.1, 0.15) is 5.56 Å². The molecule has 0 aliphatic heterocycles. The van der Waals surface area contributed by atoms with Crippen LogP contribution < -0.4 is 14.5 Å². The molecule has 0 fully saturated rings. The molecule has 0 aliphatic rings. The fourth-order valence-corrected chi connectivity index (χ4v) is 4.68. The molecule has 0 atom stereocenters. The summed E-state index contributed by atoms with van der Waals surface area (Å²) in [6.07, 6.45) is 1.15. The van der Waals surface area contributed by atoms with Gasteiger partial charge in [-0.05, 0) is 36.4 Å². The molecule has 0 bridgehead atoms. The quantitative estimate of drug-likeness (QED) is 0.247. The topological polar surface area (TPSA) is 131 Å². The molecule has 182 valence electrons. The molecule has 0 radical (unpaired) electrons. The van der Waals surface area contributed by atoms with Gasteiger partial charge in [-0.25, -0.2) is 13.8 Å². The summed E-state index contributed by atoms with van der Waals surface area (Å²) in [4.78, 5) is 23.0. The lowest BCUT2D eigenvalue weighted by Crippen LogP contribution is -2.39. The maximum atomic E-state index is 13.3. The van der Waals surface area contributed by atoms with Gasteiger partial charge in [0.25, 0.3) is 21.6 Å². The van der Waals surface area contributed by atoms with Gasteiger partial charge in [0.2, 0.25) is 0 Å². The maximum absolute atomic E-state index is 13.3. The van der Waals surface area contributed by atoms with Crippen LogP contribution in [0.25, 0.3) is 0 Å². The molecule has 35 heavy (non-hydrogen) atoms. The number of hydrazone groups is 1. The van der Waals surface area contributed by atoms with Gasteiger partial charge in [0, 0.05) is 17.7 Å². The van der Waals surface area contributed by atoms with Gasteiger partial charge in [-0.1, -0.05) is 41.4 Å². The van der Waals surface area contributed by atoms with Crippen molar-refractivity contribution in [2.75, 3.05) is 18.0 Å². The van der Waals surface area contributed by atoms with E-state index in [4.69, 9.17) is 27.9 Å². The number of nitro groups is 1. The van der Waals surface area contributed by atoms with E-state index < -0.39 is 27.4 Å². The average Bonchev–Trinajstić information content (AvgIpc) is 2.84. The number of carbonyl (C=O) groups excluding carboxylic acids is 1. The molecule has 0 unspecified atom stereocenters. The third-order valence-electron chi connectivity index (χ3n) is 4.63. The number of nitro benzene ring substituents is 1. The van der Waals surface area contributed by atoms with Crippen molar-refractivity contribution in [1.29, 1.82) is 0 Å². The highest BCUT2D eigenvalue weighted by Crippen LogP contribution is 2.30. The van der Waals surface area contributed by atoms with E-state index in [0.29, 0.717) is 0 Å². The summed E-state index contributed by atoms with van der Waals surface area (Å²) in [5.41, 5.74) is 2.37. The number of nitrogens with one attached hydrogen (secondary N) is 1. The fraction of sp³-hybridized carbons (Fsp3) is 0.0909. The fourth-order valence-electron chi connectivity index (χ4n) is 2.95. The van der Waals surface area contributed by atoms with E-state index in [1.54, 1.807) is 18.2 Å². The Morgan fingerprint density at radius 2 is 1.83 bits per heavy atom. The predicted octanol–water partition coefficient (Wildman–Crippen LogP) is 4.26. The Balaban J connectivity index is 1.87. The van der Waals surface area contributed by atoms with Crippen LogP contribution in [0, 0.1) is 10.1 Å². The summed E-state index contributed by atoms with van der Waals surface area (Å²) in [5.74, 6) is -0.492. The molecule has 0 aromatic heterocycles. The summed E-state index contributed by atoms with van der Waals surface area (Å²) in [6.45, 7) is -0.640. The predicted molar refractivity (Wildman–Crippen MR) is 133 cm³/mol. The van der Waals surface area contributed by atoms with Crippen LogP contribution in [0.15, 0.2) is 76.7 Å². The highest BCUT2D eigenvalue weighted by Gasteiger charge is 2.27. The first kappa shape index (κ1) is 25.9. The van der Waals surface area contributed by atoms with Crippen molar-refractivity contribution >= 4 is 56.7 Å². The van der Waals surface area contributed by atoms with Crippen LogP contribution in [0.3, 0.4) is 0 Å². The SMILES string of the molecule is COc1ccc([N+](=O)[O-])cc1/C=N/NC(=O)CN(c1ccc(Cl)c(Cl)c1)S(=O)(=O)c1ccccc1. The molecule has 13 heteroatoms. The van der Waals surface area contributed by atoms with E-state index in [0.717, 1.165) is 10.5 Å². The molecule has 3 aromatic rings. The highest BCUT2D eigenvalue weighted by molar-refractivity contribution is 7.92. The van der Waals surface area contributed by atoms with Crippen LogP contribution >= 0.6 is 23.2 Å². The van der Waals surface area contributed by atoms with Crippen LogP contribution in [0.5, 0.6) is 5.75 Å². The van der Waals surface area contributed by atoms with Crippen LogP contribution in [0.2, 0.25) is 10.0 Å². The van der Waals surface area contributed by atoms with E-state index in [1.165, 1.54) is 55.6 Å². The Morgan fingerprint density at radius 1 is 1.11 bits per heavy atom. The Morgan fingerprint density at radius 3 is 2.46 bits per heavy atom. The van der Waals surface area contributed by atoms with E-state index in [2.05, 4.69) is 10.5 Å². The standard InChI is InChI=1S/C22H18Cl2N4O6S/c1-34-21-10-8-17(28(30)31)11-15(21)13-25-26-22(29)14-27(16-7-9-19(23)20(24)12-16)35(32,33)18-5-3-2-4-6-18/h2-13H,14H2,1H3,(H,26,29)/b25-13+. The first-order valence-electron chi connectivity index (χ1n) is 9.80. The Bertz CT molecular complexity index is 1380. The third-order valence-corrected chi connectivity index (χ3v) is 7.15. The van der Waals surface area contributed by atoms with Crippen LogP contribution in [0.4, 0.5) is 11.4 Å². The normalized spacial score (nSPS) is 11.3. The zero-order valence-electron chi connectivity index (χ0n) is 18.1. The minimum Gasteiger partial charge on any atom is -0.496 e. The number of sulfonamides is 1. The second-order valence-electron chi connectivity index (χ2n) is 6.90. The molecule has 1 amide bonds. The maximum Gasteiger partial charge on any atom is 0.270 e. The molecule has 0 saturated heterocycles. The van der Waals surface area contributed by atoms with Crippen LogP contribution in [-0.4, -0.2) is 39.1 Å². The van der Waals surface area contributed by atoms with Crippen molar-refractivity contribution in [3.8, 4) is 5.75 Å². The molecule has 0 saturated carbocycles. The molecule has 10 nitrogen and oxygen atoms in total. The van der Waals surface area contributed by atoms with E-state index in [1.807, 2.05) is 0 Å². The number of non-ortho nitro benzene ring substituents is 1. The number of halogens is 2. The smallest absolute Gasteiger partial charge is 0.270 e. The second kappa shape index (κ2) is 11.2. The Hall–Kier alpha value is -3.67. The third kappa shape index (κ3) is 6.27. The van der Waals surface area contributed by atoms with Gasteiger partial charge in [0.1, 0.15) is 12.3 Å². The Labute approximate surface area is 210 Å². The van der Waals surface area contributed by atoms with Crippen molar-refractivity contribution < 1.29 is 22.9 Å². The lowest BCUT2D eigenvalue weighted by molar-refractivity contribution is -0.384. The van der Waals surface area contributed by atoms with Gasteiger partial charge in [-0.15, -0.1) is 0 Å². The summed E-state index contributed by atoms with van der Waals surface area (Å²) in [7, 11) is -2.78. The van der Waals surface area contributed by atoms with Gasteiger partial charge in [0.15, 0.2) is 0 Å². The summed E-state index contributed by atoms with van der Waals surface area (Å²) in [5, 5.41) is 15.1. The van der Waals surface area contributed by atoms with Crippen molar-refractivity contribution in [2.45, 2.75) is 4.90 Å². The molecule has 3 aromatic carbocycles. The minimum atomic E-state index is -4.16. The molecule has 0 aliphatic carbocycles. The monoisotopic (exact) mass is 536 g/mol. The zero-order chi connectivity index (χ0) is 25.6. The number of amides is 1. The number of anilines is 1. The van der Waals surface area contributed by atoms with E-state index >= 15 is 0 Å². The summed E-state index contributed by atoms with van der Waals surface area (Å²) in [6, 6.07) is 15.6. The lowest BCUT2D eigenvalue weighted by atomic mass is 10.2. The van der Waals surface area contributed by atoms with Gasteiger partial charge in [-0.2, -0.15) is 5.10 Å². The lowest BCUT2D eigenvalue weighted by Gasteiger charge is -2.24. The number of carbonyl (C=O) groups is 1. The van der Waals surface area contributed by atoms with E-state index in [-0.39, 0.29) is 37.6 Å². The zero-order valence-corrected chi connectivity index (χ0v) is 20.4. The number of hydrogen-bond acceptors (Lipinski definition) is 7. The number of hydrogen-bond donors (Lipinski definition) is 1. The van der Waals surface area contributed by atoms with Crippen molar-refractivity contribution in [3.63, 3.8) is 0 Å². The number of ether oxygens (including phenoxy) is 1. The van der Waals surface area contributed by atoms with Gasteiger partial charge in [-0.3, -0.25) is 19.2 Å². The first-order valence-corrected chi connectivity index (χ1v) is 12.0. The number of rotatable bonds is 9.